The van der Waals surface area contributed by atoms with Crippen LogP contribution in [0.2, 0.25) is 5.02 Å². The highest BCUT2D eigenvalue weighted by Gasteiger charge is 2.20. The molecule has 0 bridgehead atoms. The maximum atomic E-state index is 6.37. The van der Waals surface area contributed by atoms with Crippen molar-refractivity contribution in [1.29, 1.82) is 0 Å². The number of benzene rings is 1. The van der Waals surface area contributed by atoms with Gasteiger partial charge in [-0.1, -0.05) is 42.3 Å². The summed E-state index contributed by atoms with van der Waals surface area (Å²) in [4.78, 5) is 0. The van der Waals surface area contributed by atoms with Crippen molar-refractivity contribution in [2.75, 3.05) is 6.54 Å². The quantitative estimate of drug-likeness (QED) is 0.872. The lowest BCUT2D eigenvalue weighted by Crippen LogP contribution is -2.26. The molecule has 0 saturated heterocycles. The van der Waals surface area contributed by atoms with Gasteiger partial charge >= 0.3 is 0 Å². The Hall–Kier alpha value is -1.32. The normalized spacial score (nSPS) is 12.6. The Kier molecular flexibility index (Phi) is 5.43. The summed E-state index contributed by atoms with van der Waals surface area (Å²) >= 11 is 6.37. The van der Waals surface area contributed by atoms with Crippen LogP contribution in [0.4, 0.5) is 0 Å². The largest absolute Gasteiger partial charge is 0.309 e. The van der Waals surface area contributed by atoms with E-state index in [1.165, 1.54) is 16.7 Å². The first-order valence-corrected chi connectivity index (χ1v) is 7.95. The Morgan fingerprint density at radius 1 is 1.29 bits per heavy atom. The van der Waals surface area contributed by atoms with Gasteiger partial charge in [-0.05, 0) is 44.9 Å². The Morgan fingerprint density at radius 2 is 2.05 bits per heavy atom. The maximum absolute atomic E-state index is 6.37. The fourth-order valence-corrected chi connectivity index (χ4v) is 3.00. The second-order valence-corrected chi connectivity index (χ2v) is 5.85. The lowest BCUT2D eigenvalue weighted by atomic mass is 9.97. The highest BCUT2D eigenvalue weighted by Crippen LogP contribution is 2.27. The molecule has 1 heterocycles. The molecule has 114 valence electrons. The first kappa shape index (κ1) is 16.1. The van der Waals surface area contributed by atoms with Crippen LogP contribution in [0.25, 0.3) is 0 Å². The molecule has 0 saturated carbocycles. The van der Waals surface area contributed by atoms with E-state index in [4.69, 9.17) is 11.6 Å². The minimum Gasteiger partial charge on any atom is -0.309 e. The zero-order valence-corrected chi connectivity index (χ0v) is 14.0. The third kappa shape index (κ3) is 3.66. The average Bonchev–Trinajstić information content (AvgIpc) is 2.83. The first-order valence-electron chi connectivity index (χ1n) is 7.57. The number of halogens is 1. The fraction of sp³-hybridized carbons (Fsp3) is 0.471. The molecule has 1 aromatic heterocycles. The number of aryl methyl sites for hydroxylation is 3. The third-order valence-corrected chi connectivity index (χ3v) is 4.13. The molecule has 4 heteroatoms. The molecule has 3 nitrogen and oxygen atoms in total. The number of rotatable bonds is 6. The highest BCUT2D eigenvalue weighted by atomic mass is 35.5. The van der Waals surface area contributed by atoms with E-state index in [2.05, 4.69) is 56.3 Å². The van der Waals surface area contributed by atoms with Crippen LogP contribution in [-0.2, 0) is 13.0 Å². The molecule has 0 radical (unpaired) electrons. The smallest absolute Gasteiger partial charge is 0.0834 e. The molecular weight excluding hydrogens is 282 g/mol. The summed E-state index contributed by atoms with van der Waals surface area (Å²) in [7, 11) is 0. The first-order chi connectivity index (χ1) is 10.1. The molecule has 2 aromatic rings. The van der Waals surface area contributed by atoms with Crippen molar-refractivity contribution in [3.05, 3.63) is 51.8 Å². The Labute approximate surface area is 132 Å². The van der Waals surface area contributed by atoms with E-state index in [-0.39, 0.29) is 6.04 Å². The number of likely N-dealkylation sites (N-methyl/N-ethyl adjacent to an activating group) is 1. The van der Waals surface area contributed by atoms with Crippen LogP contribution < -0.4 is 5.32 Å². The molecule has 1 aromatic carbocycles. The van der Waals surface area contributed by atoms with Crippen LogP contribution in [0.5, 0.6) is 0 Å². The molecule has 0 aliphatic carbocycles. The van der Waals surface area contributed by atoms with Crippen molar-refractivity contribution in [1.82, 2.24) is 15.1 Å². The van der Waals surface area contributed by atoms with Gasteiger partial charge in [-0.15, -0.1) is 0 Å². The van der Waals surface area contributed by atoms with Crippen molar-refractivity contribution in [3.63, 3.8) is 0 Å². The average molecular weight is 306 g/mol. The number of hydrogen-bond acceptors (Lipinski definition) is 2. The van der Waals surface area contributed by atoms with E-state index < -0.39 is 0 Å². The summed E-state index contributed by atoms with van der Waals surface area (Å²) in [5, 5.41) is 8.66. The monoisotopic (exact) mass is 305 g/mol. The third-order valence-electron chi connectivity index (χ3n) is 3.84. The molecule has 1 atom stereocenters. The summed E-state index contributed by atoms with van der Waals surface area (Å²) in [6.45, 7) is 10.2. The zero-order valence-electron chi connectivity index (χ0n) is 13.3. The fourth-order valence-electron chi connectivity index (χ4n) is 2.72. The number of nitrogens with zero attached hydrogens (tertiary/aromatic N) is 2. The molecule has 0 amide bonds. The number of hydrogen-bond donors (Lipinski definition) is 1. The lowest BCUT2D eigenvalue weighted by molar-refractivity contribution is 0.490. The van der Waals surface area contributed by atoms with E-state index in [1.807, 2.05) is 4.68 Å². The highest BCUT2D eigenvalue weighted by molar-refractivity contribution is 6.31. The minimum atomic E-state index is 0.186. The summed E-state index contributed by atoms with van der Waals surface area (Å²) in [5.41, 5.74) is 5.06. The molecular formula is C17H24ClN3. The lowest BCUT2D eigenvalue weighted by Gasteiger charge is -2.21. The van der Waals surface area contributed by atoms with Gasteiger partial charge in [0.15, 0.2) is 0 Å². The standard InChI is InChI=1S/C17H24ClN3/c1-5-19-16(17-15(18)11-20-21(17)6-2)10-14-9-12(3)7-8-13(14)4/h7-9,11,16,19H,5-6,10H2,1-4H3. The number of aromatic nitrogens is 2. The van der Waals surface area contributed by atoms with E-state index >= 15 is 0 Å². The topological polar surface area (TPSA) is 29.9 Å². The van der Waals surface area contributed by atoms with Crippen LogP contribution in [0.1, 0.15) is 42.3 Å². The van der Waals surface area contributed by atoms with Crippen molar-refractivity contribution in [2.24, 2.45) is 0 Å². The van der Waals surface area contributed by atoms with E-state index in [1.54, 1.807) is 6.20 Å². The van der Waals surface area contributed by atoms with Crippen LogP contribution in [0, 0.1) is 13.8 Å². The van der Waals surface area contributed by atoms with Gasteiger partial charge in [0.25, 0.3) is 0 Å². The van der Waals surface area contributed by atoms with Gasteiger partial charge in [-0.2, -0.15) is 5.10 Å². The Balaban J connectivity index is 2.35. The molecule has 0 aliphatic heterocycles. The SMILES string of the molecule is CCNC(Cc1cc(C)ccc1C)c1c(Cl)cnn1CC. The van der Waals surface area contributed by atoms with Gasteiger partial charge in [0.2, 0.25) is 0 Å². The maximum Gasteiger partial charge on any atom is 0.0834 e. The van der Waals surface area contributed by atoms with Crippen LogP contribution in [-0.4, -0.2) is 16.3 Å². The summed E-state index contributed by atoms with van der Waals surface area (Å²) in [5.74, 6) is 0. The molecule has 1 N–H and O–H groups in total. The number of nitrogens with one attached hydrogen (secondary N) is 1. The minimum absolute atomic E-state index is 0.186. The Morgan fingerprint density at radius 3 is 2.71 bits per heavy atom. The van der Waals surface area contributed by atoms with E-state index in [9.17, 15) is 0 Å². The Bertz CT molecular complexity index is 604. The second kappa shape index (κ2) is 7.10. The molecule has 0 aliphatic rings. The van der Waals surface area contributed by atoms with Crippen LogP contribution >= 0.6 is 11.6 Å². The zero-order chi connectivity index (χ0) is 15.4. The van der Waals surface area contributed by atoms with Crippen LogP contribution in [0.15, 0.2) is 24.4 Å². The second-order valence-electron chi connectivity index (χ2n) is 5.44. The molecule has 1 unspecified atom stereocenters. The predicted octanol–water partition coefficient (Wildman–Crippen LogP) is 4.07. The molecule has 21 heavy (non-hydrogen) atoms. The van der Waals surface area contributed by atoms with Gasteiger partial charge < -0.3 is 5.32 Å². The van der Waals surface area contributed by atoms with Gasteiger partial charge in [0.05, 0.1) is 23.0 Å². The van der Waals surface area contributed by atoms with E-state index in [0.717, 1.165) is 30.2 Å². The molecule has 0 spiro atoms. The van der Waals surface area contributed by atoms with E-state index in [0.29, 0.717) is 0 Å². The predicted molar refractivity (Wildman–Crippen MR) is 88.9 cm³/mol. The summed E-state index contributed by atoms with van der Waals surface area (Å²) < 4.78 is 1.99. The van der Waals surface area contributed by atoms with Crippen molar-refractivity contribution < 1.29 is 0 Å². The summed E-state index contributed by atoms with van der Waals surface area (Å²) in [6.07, 6.45) is 2.67. The van der Waals surface area contributed by atoms with Crippen molar-refractivity contribution in [2.45, 2.75) is 46.7 Å². The summed E-state index contributed by atoms with van der Waals surface area (Å²) in [6, 6.07) is 6.79. The van der Waals surface area contributed by atoms with Gasteiger partial charge in [0.1, 0.15) is 0 Å². The van der Waals surface area contributed by atoms with Gasteiger partial charge in [-0.25, -0.2) is 0 Å². The molecule has 0 fully saturated rings. The van der Waals surface area contributed by atoms with Gasteiger partial charge in [-0.3, -0.25) is 4.68 Å². The molecule has 2 rings (SSSR count). The van der Waals surface area contributed by atoms with Crippen molar-refractivity contribution >= 4 is 11.6 Å². The van der Waals surface area contributed by atoms with Gasteiger partial charge in [0, 0.05) is 6.54 Å². The van der Waals surface area contributed by atoms with Crippen molar-refractivity contribution in [3.8, 4) is 0 Å². The van der Waals surface area contributed by atoms with Crippen LogP contribution in [0.3, 0.4) is 0 Å².